The third kappa shape index (κ3) is 5.15. The van der Waals surface area contributed by atoms with Crippen LogP contribution in [0.15, 0.2) is 11.6 Å². The highest BCUT2D eigenvalue weighted by molar-refractivity contribution is 6.74. The molecule has 0 saturated heterocycles. The van der Waals surface area contributed by atoms with E-state index >= 15 is 0 Å². The molecule has 1 nitrogen and oxygen atoms in total. The zero-order valence-corrected chi connectivity index (χ0v) is 14.3. The number of allylic oxidation sites excluding steroid dienone is 1. The summed E-state index contributed by atoms with van der Waals surface area (Å²) >= 11 is 5.67. The van der Waals surface area contributed by atoms with Gasteiger partial charge in [0.1, 0.15) is 0 Å². The van der Waals surface area contributed by atoms with Crippen molar-refractivity contribution in [2.24, 2.45) is 5.92 Å². The van der Waals surface area contributed by atoms with Crippen LogP contribution >= 0.6 is 11.6 Å². The molecule has 0 fully saturated rings. The van der Waals surface area contributed by atoms with Gasteiger partial charge in [0.2, 0.25) is 0 Å². The molecule has 0 unspecified atom stereocenters. The summed E-state index contributed by atoms with van der Waals surface area (Å²) in [6, 6.07) is 0. The summed E-state index contributed by atoms with van der Waals surface area (Å²) in [5.41, 5.74) is 1.33. The van der Waals surface area contributed by atoms with Gasteiger partial charge >= 0.3 is 0 Å². The number of hydrogen-bond acceptors (Lipinski definition) is 1. The minimum atomic E-state index is -1.64. The summed E-state index contributed by atoms with van der Waals surface area (Å²) < 4.78 is 6.23. The summed E-state index contributed by atoms with van der Waals surface area (Å²) in [4.78, 5) is 0. The van der Waals surface area contributed by atoms with E-state index in [1.807, 2.05) is 0 Å². The highest BCUT2D eigenvalue weighted by Gasteiger charge is 2.42. The van der Waals surface area contributed by atoms with E-state index < -0.39 is 8.32 Å². The maximum atomic E-state index is 6.23. The van der Waals surface area contributed by atoms with E-state index in [0.29, 0.717) is 16.8 Å². The monoisotopic (exact) mass is 276 g/mol. The minimum Gasteiger partial charge on any atom is -0.416 e. The zero-order valence-electron chi connectivity index (χ0n) is 12.6. The van der Waals surface area contributed by atoms with Crippen molar-refractivity contribution in [2.75, 3.05) is 12.5 Å². The molecule has 102 valence electrons. The van der Waals surface area contributed by atoms with E-state index in [-0.39, 0.29) is 0 Å². The van der Waals surface area contributed by atoms with Crippen molar-refractivity contribution in [3.05, 3.63) is 11.6 Å². The number of alkyl halides is 1. The highest BCUT2D eigenvalue weighted by Crippen LogP contribution is 2.44. The van der Waals surface area contributed by atoms with Gasteiger partial charge in [-0.2, -0.15) is 0 Å². The standard InChI is InChI=1S/C14H29ClOSi/c1-12(2)14(4,5)17(6,7)16-11-9-13(3)8-10-15/h8,12H,9-11H2,1-7H3/b13-8+. The van der Waals surface area contributed by atoms with Gasteiger partial charge in [0.05, 0.1) is 0 Å². The second-order valence-electron chi connectivity index (χ2n) is 6.19. The molecule has 0 aliphatic heterocycles. The van der Waals surface area contributed by atoms with Crippen LogP contribution in [0.3, 0.4) is 0 Å². The Labute approximate surface area is 114 Å². The molecule has 0 aromatic heterocycles. The van der Waals surface area contributed by atoms with Gasteiger partial charge in [-0.1, -0.05) is 39.3 Å². The molecule has 0 atom stereocenters. The average Bonchev–Trinajstić information content (AvgIpc) is 2.17. The summed E-state index contributed by atoms with van der Waals surface area (Å²) in [6.07, 6.45) is 3.06. The fourth-order valence-corrected chi connectivity index (χ4v) is 4.22. The van der Waals surface area contributed by atoms with E-state index in [0.717, 1.165) is 13.0 Å². The van der Waals surface area contributed by atoms with Crippen LogP contribution in [0, 0.1) is 5.92 Å². The first-order valence-electron chi connectivity index (χ1n) is 6.50. The minimum absolute atomic E-state index is 0.303. The third-order valence-corrected chi connectivity index (χ3v) is 9.14. The summed E-state index contributed by atoms with van der Waals surface area (Å²) in [6.45, 7) is 16.9. The molecule has 0 radical (unpaired) electrons. The largest absolute Gasteiger partial charge is 0.416 e. The Morgan fingerprint density at radius 3 is 2.29 bits per heavy atom. The molecule has 0 aliphatic carbocycles. The molecule has 0 aliphatic rings. The third-order valence-electron chi connectivity index (χ3n) is 4.38. The van der Waals surface area contributed by atoms with Gasteiger partial charge in [0.25, 0.3) is 0 Å². The fraction of sp³-hybridized carbons (Fsp3) is 0.857. The van der Waals surface area contributed by atoms with Gasteiger partial charge in [-0.05, 0) is 37.4 Å². The van der Waals surface area contributed by atoms with Crippen molar-refractivity contribution in [3.63, 3.8) is 0 Å². The van der Waals surface area contributed by atoms with Gasteiger partial charge in [-0.15, -0.1) is 11.6 Å². The molecule has 0 heterocycles. The van der Waals surface area contributed by atoms with E-state index in [9.17, 15) is 0 Å². The van der Waals surface area contributed by atoms with Crippen LogP contribution < -0.4 is 0 Å². The maximum Gasteiger partial charge on any atom is 0.192 e. The summed E-state index contributed by atoms with van der Waals surface area (Å²) in [5, 5.41) is 0.303. The van der Waals surface area contributed by atoms with E-state index in [2.05, 4.69) is 53.8 Å². The Hall–Kier alpha value is 0.207. The maximum absolute atomic E-state index is 6.23. The van der Waals surface area contributed by atoms with Crippen molar-refractivity contribution >= 4 is 19.9 Å². The van der Waals surface area contributed by atoms with Crippen molar-refractivity contribution in [1.82, 2.24) is 0 Å². The van der Waals surface area contributed by atoms with Gasteiger partial charge in [-0.25, -0.2) is 0 Å². The van der Waals surface area contributed by atoms with E-state index in [4.69, 9.17) is 16.0 Å². The molecule has 0 aromatic rings. The first-order chi connectivity index (χ1) is 7.65. The van der Waals surface area contributed by atoms with Crippen LogP contribution in [0.2, 0.25) is 18.1 Å². The molecule has 17 heavy (non-hydrogen) atoms. The van der Waals surface area contributed by atoms with E-state index in [1.54, 1.807) is 0 Å². The predicted molar refractivity (Wildman–Crippen MR) is 81.4 cm³/mol. The number of hydrogen-bond donors (Lipinski definition) is 0. The van der Waals surface area contributed by atoms with Crippen molar-refractivity contribution < 1.29 is 4.43 Å². The Balaban J connectivity index is 4.33. The Kier molecular flexibility index (Phi) is 7.04. The van der Waals surface area contributed by atoms with Crippen molar-refractivity contribution in [1.29, 1.82) is 0 Å². The molecule has 0 amide bonds. The average molecular weight is 277 g/mol. The second kappa shape index (κ2) is 6.96. The van der Waals surface area contributed by atoms with Crippen LogP contribution in [0.4, 0.5) is 0 Å². The molecular formula is C14H29ClOSi. The van der Waals surface area contributed by atoms with Crippen molar-refractivity contribution in [3.8, 4) is 0 Å². The Bertz CT molecular complexity index is 257. The molecule has 0 rings (SSSR count). The fourth-order valence-electron chi connectivity index (χ4n) is 1.58. The van der Waals surface area contributed by atoms with Crippen LogP contribution in [-0.2, 0) is 4.43 Å². The number of rotatable bonds is 7. The highest BCUT2D eigenvalue weighted by atomic mass is 35.5. The molecule has 0 aromatic carbocycles. The van der Waals surface area contributed by atoms with Crippen LogP contribution in [-0.4, -0.2) is 20.8 Å². The van der Waals surface area contributed by atoms with Gasteiger partial charge in [0, 0.05) is 12.5 Å². The number of halogens is 1. The molecule has 3 heteroatoms. The normalized spacial score (nSPS) is 14.5. The van der Waals surface area contributed by atoms with Gasteiger partial charge in [0.15, 0.2) is 8.32 Å². The van der Waals surface area contributed by atoms with Crippen LogP contribution in [0.1, 0.15) is 41.0 Å². The van der Waals surface area contributed by atoms with Gasteiger partial charge in [-0.3, -0.25) is 0 Å². The lowest BCUT2D eigenvalue weighted by Gasteiger charge is -2.42. The Morgan fingerprint density at radius 2 is 1.88 bits per heavy atom. The SMILES string of the molecule is C/C(=C\CCl)CCO[Si](C)(C)C(C)(C)C(C)C. The topological polar surface area (TPSA) is 9.23 Å². The smallest absolute Gasteiger partial charge is 0.192 e. The van der Waals surface area contributed by atoms with Crippen LogP contribution in [0.5, 0.6) is 0 Å². The first-order valence-corrected chi connectivity index (χ1v) is 9.95. The first kappa shape index (κ1) is 17.2. The lowest BCUT2D eigenvalue weighted by molar-refractivity contribution is 0.270. The lowest BCUT2D eigenvalue weighted by atomic mass is 9.99. The second-order valence-corrected chi connectivity index (χ2v) is 11.1. The molecule has 0 saturated carbocycles. The molecule has 0 spiro atoms. The lowest BCUT2D eigenvalue weighted by Crippen LogP contribution is -2.45. The summed E-state index contributed by atoms with van der Waals surface area (Å²) in [7, 11) is -1.64. The van der Waals surface area contributed by atoms with Crippen LogP contribution in [0.25, 0.3) is 0 Å². The molecule has 0 N–H and O–H groups in total. The Morgan fingerprint density at radius 1 is 1.35 bits per heavy atom. The quantitative estimate of drug-likeness (QED) is 0.352. The van der Waals surface area contributed by atoms with E-state index in [1.165, 1.54) is 5.57 Å². The zero-order chi connectivity index (χ0) is 13.7. The van der Waals surface area contributed by atoms with Crippen molar-refractivity contribution in [2.45, 2.75) is 59.2 Å². The molecule has 0 bridgehead atoms. The van der Waals surface area contributed by atoms with Gasteiger partial charge < -0.3 is 4.43 Å². The summed E-state index contributed by atoms with van der Waals surface area (Å²) in [5.74, 6) is 1.26. The predicted octanol–water partition coefficient (Wildman–Crippen LogP) is 5.22. The molecular weight excluding hydrogens is 248 g/mol.